The largest absolute Gasteiger partial charge is 0.496 e. The Kier molecular flexibility index (Phi) is 4.89. The third-order valence-corrected chi connectivity index (χ3v) is 4.06. The molecule has 7 heteroatoms. The number of para-hydroxylation sites is 1. The van der Waals surface area contributed by atoms with Gasteiger partial charge in [-0.05, 0) is 38.3 Å². The maximum Gasteiger partial charge on any atom is 0.405 e. The zero-order valence-electron chi connectivity index (χ0n) is 13.4. The molecule has 1 aromatic carbocycles. The quantitative estimate of drug-likeness (QED) is 0.902. The molecule has 128 valence electrons. The summed E-state index contributed by atoms with van der Waals surface area (Å²) in [6, 6.07) is 5.28. The number of amides is 1. The van der Waals surface area contributed by atoms with Gasteiger partial charge in [-0.2, -0.15) is 13.2 Å². The molecule has 1 fully saturated rings. The second-order valence-corrected chi connectivity index (χ2v) is 6.36. The van der Waals surface area contributed by atoms with E-state index in [9.17, 15) is 18.0 Å². The number of nitrogens with one attached hydrogen (secondary N) is 1. The molecule has 0 aromatic heterocycles. The fourth-order valence-electron chi connectivity index (χ4n) is 2.70. The van der Waals surface area contributed by atoms with Gasteiger partial charge in [0.15, 0.2) is 0 Å². The van der Waals surface area contributed by atoms with Gasteiger partial charge in [-0.25, -0.2) is 5.01 Å². The van der Waals surface area contributed by atoms with Crippen molar-refractivity contribution < 1.29 is 22.7 Å². The number of hydrogen-bond donors (Lipinski definition) is 1. The molecular formula is C16H21F3N2O2. The first-order chi connectivity index (χ1) is 10.6. The Balaban J connectivity index is 2.13. The molecule has 0 bridgehead atoms. The van der Waals surface area contributed by atoms with Gasteiger partial charge in [0.25, 0.3) is 0 Å². The summed E-state index contributed by atoms with van der Waals surface area (Å²) < 4.78 is 45.4. The van der Waals surface area contributed by atoms with Gasteiger partial charge in [-0.3, -0.25) is 10.2 Å². The van der Waals surface area contributed by atoms with Crippen LogP contribution in [0.3, 0.4) is 0 Å². The van der Waals surface area contributed by atoms with E-state index in [0.717, 1.165) is 5.01 Å². The lowest BCUT2D eigenvalue weighted by Crippen LogP contribution is -2.50. The maximum atomic E-state index is 13.4. The average molecular weight is 330 g/mol. The summed E-state index contributed by atoms with van der Waals surface area (Å²) in [5, 5.41) is 1.01. The lowest BCUT2D eigenvalue weighted by Gasteiger charge is -2.29. The second-order valence-electron chi connectivity index (χ2n) is 6.36. The van der Waals surface area contributed by atoms with Crippen LogP contribution in [0.2, 0.25) is 0 Å². The van der Waals surface area contributed by atoms with E-state index in [2.05, 4.69) is 5.43 Å². The lowest BCUT2D eigenvalue weighted by molar-refractivity contribution is -0.190. The third-order valence-electron chi connectivity index (χ3n) is 4.06. The van der Waals surface area contributed by atoms with Crippen LogP contribution < -0.4 is 10.2 Å². The zero-order valence-corrected chi connectivity index (χ0v) is 13.4. The number of methoxy groups -OCH3 is 1. The fourth-order valence-corrected chi connectivity index (χ4v) is 2.70. The highest BCUT2D eigenvalue weighted by atomic mass is 19.4. The van der Waals surface area contributed by atoms with Crippen LogP contribution in [0.1, 0.15) is 25.8 Å². The van der Waals surface area contributed by atoms with E-state index < -0.39 is 17.6 Å². The molecule has 0 aliphatic carbocycles. The molecule has 1 N–H and O–H groups in total. The minimum absolute atomic E-state index is 0.0297. The SMILES string of the molecule is COc1ccccc1CCC(N1CC(C)(C)C(=O)N1)C(F)(F)F. The maximum absolute atomic E-state index is 13.4. The number of carbonyl (C=O) groups is 1. The highest BCUT2D eigenvalue weighted by Gasteiger charge is 2.49. The first-order valence-corrected chi connectivity index (χ1v) is 7.41. The number of hydrogen-bond acceptors (Lipinski definition) is 3. The molecule has 1 aliphatic heterocycles. The number of ether oxygens (including phenoxy) is 1. The Morgan fingerprint density at radius 2 is 2.00 bits per heavy atom. The van der Waals surface area contributed by atoms with Crippen molar-refractivity contribution in [2.45, 2.75) is 38.9 Å². The smallest absolute Gasteiger partial charge is 0.405 e. The summed E-state index contributed by atoms with van der Waals surface area (Å²) in [5.74, 6) is 0.184. The van der Waals surface area contributed by atoms with Gasteiger partial charge in [-0.15, -0.1) is 0 Å². The van der Waals surface area contributed by atoms with Crippen LogP contribution >= 0.6 is 0 Å². The first-order valence-electron chi connectivity index (χ1n) is 7.41. The summed E-state index contributed by atoms with van der Waals surface area (Å²) in [7, 11) is 1.49. The van der Waals surface area contributed by atoms with E-state index in [1.165, 1.54) is 7.11 Å². The van der Waals surface area contributed by atoms with Crippen molar-refractivity contribution >= 4 is 5.91 Å². The Labute approximate surface area is 133 Å². The predicted octanol–water partition coefficient (Wildman–Crippen LogP) is 2.93. The standard InChI is InChI=1S/C16H21F3N2O2/c1-15(2)10-21(20-14(15)22)13(16(17,18)19)9-8-11-6-4-5-7-12(11)23-3/h4-7,13H,8-10H2,1-3H3,(H,20,22). The molecule has 0 saturated carbocycles. The summed E-state index contributed by atoms with van der Waals surface area (Å²) in [6.07, 6.45) is -4.36. The number of benzene rings is 1. The van der Waals surface area contributed by atoms with Gasteiger partial charge in [0.05, 0.1) is 12.5 Å². The van der Waals surface area contributed by atoms with Crippen LogP contribution in [0.4, 0.5) is 13.2 Å². The summed E-state index contributed by atoms with van der Waals surface area (Å²) in [5.41, 5.74) is 2.25. The average Bonchev–Trinajstić information content (AvgIpc) is 2.71. The van der Waals surface area contributed by atoms with Crippen molar-refractivity contribution in [3.63, 3.8) is 0 Å². The Morgan fingerprint density at radius 3 is 2.52 bits per heavy atom. The Hall–Kier alpha value is -1.76. The number of nitrogens with zero attached hydrogens (tertiary/aromatic N) is 1. The molecular weight excluding hydrogens is 309 g/mol. The van der Waals surface area contributed by atoms with E-state index in [0.29, 0.717) is 11.3 Å². The van der Waals surface area contributed by atoms with Gasteiger partial charge in [0.2, 0.25) is 5.91 Å². The van der Waals surface area contributed by atoms with Gasteiger partial charge >= 0.3 is 6.18 Å². The second kappa shape index (κ2) is 6.39. The normalized spacial score (nSPS) is 19.5. The van der Waals surface area contributed by atoms with Crippen LogP contribution in [0.5, 0.6) is 5.75 Å². The van der Waals surface area contributed by atoms with Crippen molar-refractivity contribution in [1.82, 2.24) is 10.4 Å². The van der Waals surface area contributed by atoms with Gasteiger partial charge in [-0.1, -0.05) is 18.2 Å². The van der Waals surface area contributed by atoms with Crippen molar-refractivity contribution in [3.8, 4) is 5.75 Å². The molecule has 0 radical (unpaired) electrons. The van der Waals surface area contributed by atoms with Crippen molar-refractivity contribution in [3.05, 3.63) is 29.8 Å². The van der Waals surface area contributed by atoms with Crippen LogP contribution in [0, 0.1) is 5.41 Å². The minimum Gasteiger partial charge on any atom is -0.496 e. The molecule has 1 saturated heterocycles. The highest BCUT2D eigenvalue weighted by molar-refractivity contribution is 5.83. The lowest BCUT2D eigenvalue weighted by atomic mass is 9.94. The van der Waals surface area contributed by atoms with Crippen LogP contribution in [-0.2, 0) is 11.2 Å². The van der Waals surface area contributed by atoms with E-state index in [-0.39, 0.29) is 25.3 Å². The van der Waals surface area contributed by atoms with E-state index in [4.69, 9.17) is 4.74 Å². The van der Waals surface area contributed by atoms with Crippen LogP contribution in [-0.4, -0.2) is 36.8 Å². The molecule has 1 aliphatic rings. The number of carbonyl (C=O) groups excluding carboxylic acids is 1. The summed E-state index contributed by atoms with van der Waals surface area (Å²) in [4.78, 5) is 11.8. The summed E-state index contributed by atoms with van der Waals surface area (Å²) >= 11 is 0. The molecule has 1 heterocycles. The molecule has 2 rings (SSSR count). The zero-order chi connectivity index (χ0) is 17.3. The number of alkyl halides is 3. The van der Waals surface area contributed by atoms with E-state index in [1.807, 2.05) is 0 Å². The molecule has 4 nitrogen and oxygen atoms in total. The monoisotopic (exact) mass is 330 g/mol. The molecule has 1 atom stereocenters. The molecule has 23 heavy (non-hydrogen) atoms. The van der Waals surface area contributed by atoms with Crippen LogP contribution in [0.25, 0.3) is 0 Å². The topological polar surface area (TPSA) is 41.6 Å². The number of aryl methyl sites for hydroxylation is 1. The fraction of sp³-hybridized carbons (Fsp3) is 0.562. The van der Waals surface area contributed by atoms with Crippen molar-refractivity contribution in [1.29, 1.82) is 0 Å². The first kappa shape index (κ1) is 17.6. The molecule has 1 aromatic rings. The van der Waals surface area contributed by atoms with Gasteiger partial charge in [0, 0.05) is 6.54 Å². The van der Waals surface area contributed by atoms with E-state index >= 15 is 0 Å². The molecule has 1 amide bonds. The Bertz CT molecular complexity index is 573. The molecule has 0 spiro atoms. The summed E-state index contributed by atoms with van der Waals surface area (Å²) in [6.45, 7) is 3.30. The number of halogens is 3. The number of hydrazine groups is 1. The van der Waals surface area contributed by atoms with Gasteiger partial charge in [0.1, 0.15) is 11.8 Å². The van der Waals surface area contributed by atoms with Crippen molar-refractivity contribution in [2.24, 2.45) is 5.41 Å². The highest BCUT2D eigenvalue weighted by Crippen LogP contribution is 2.33. The predicted molar refractivity (Wildman–Crippen MR) is 79.8 cm³/mol. The van der Waals surface area contributed by atoms with Gasteiger partial charge < -0.3 is 4.74 Å². The third kappa shape index (κ3) is 3.96. The number of rotatable bonds is 5. The molecule has 1 unspecified atom stereocenters. The minimum atomic E-state index is -4.42. The van der Waals surface area contributed by atoms with Crippen molar-refractivity contribution in [2.75, 3.05) is 13.7 Å². The Morgan fingerprint density at radius 1 is 1.35 bits per heavy atom. The van der Waals surface area contributed by atoms with Crippen LogP contribution in [0.15, 0.2) is 24.3 Å². The van der Waals surface area contributed by atoms with E-state index in [1.54, 1.807) is 38.1 Å².